The van der Waals surface area contributed by atoms with E-state index < -0.39 is 0 Å². The van der Waals surface area contributed by atoms with Crippen molar-refractivity contribution in [3.8, 4) is 0 Å². The van der Waals surface area contributed by atoms with Crippen LogP contribution in [0.3, 0.4) is 0 Å². The van der Waals surface area contributed by atoms with Gasteiger partial charge in [-0.25, -0.2) is 4.39 Å². The van der Waals surface area contributed by atoms with Crippen molar-refractivity contribution in [2.45, 2.75) is 45.4 Å². The first-order chi connectivity index (χ1) is 9.16. The van der Waals surface area contributed by atoms with Gasteiger partial charge in [-0.3, -0.25) is 4.99 Å². The zero-order valence-corrected chi connectivity index (χ0v) is 11.7. The van der Waals surface area contributed by atoms with Crippen LogP contribution in [0.25, 0.3) is 0 Å². The van der Waals surface area contributed by atoms with Crippen molar-refractivity contribution in [1.82, 2.24) is 0 Å². The number of aliphatic imine (C=N–C) groups is 1. The molecule has 0 atom stereocenters. The molecular weight excluding hydrogens is 239 g/mol. The Bertz CT molecular complexity index is 448. The second-order valence-corrected chi connectivity index (χ2v) is 5.46. The maximum atomic E-state index is 13.0. The molecule has 0 radical (unpaired) electrons. The molecule has 1 fully saturated rings. The number of benzene rings is 1. The van der Waals surface area contributed by atoms with Crippen molar-refractivity contribution in [2.24, 2.45) is 16.6 Å². The lowest BCUT2D eigenvalue weighted by Gasteiger charge is -2.20. The predicted octanol–water partition coefficient (Wildman–Crippen LogP) is 3.61. The van der Waals surface area contributed by atoms with Crippen LogP contribution in [-0.4, -0.2) is 12.4 Å². The molecule has 1 aromatic rings. The summed E-state index contributed by atoms with van der Waals surface area (Å²) in [6, 6.07) is 4.93. The van der Waals surface area contributed by atoms with Gasteiger partial charge in [-0.05, 0) is 49.4 Å². The maximum absolute atomic E-state index is 13.0. The van der Waals surface area contributed by atoms with E-state index in [0.29, 0.717) is 12.5 Å². The topological polar surface area (TPSA) is 38.4 Å². The fourth-order valence-electron chi connectivity index (χ4n) is 2.77. The summed E-state index contributed by atoms with van der Waals surface area (Å²) in [6.45, 7) is 2.64. The monoisotopic (exact) mass is 262 g/mol. The molecule has 1 aliphatic rings. The van der Waals surface area contributed by atoms with Crippen molar-refractivity contribution < 1.29 is 4.39 Å². The molecule has 1 aromatic carbocycles. The number of nitrogens with two attached hydrogens (primary N) is 1. The molecule has 0 amide bonds. The van der Waals surface area contributed by atoms with E-state index in [0.717, 1.165) is 23.4 Å². The second-order valence-electron chi connectivity index (χ2n) is 5.46. The summed E-state index contributed by atoms with van der Waals surface area (Å²) < 4.78 is 13.0. The molecule has 2 nitrogen and oxygen atoms in total. The van der Waals surface area contributed by atoms with Crippen LogP contribution in [0.4, 0.5) is 4.39 Å². The van der Waals surface area contributed by atoms with E-state index in [-0.39, 0.29) is 5.82 Å². The van der Waals surface area contributed by atoms with Gasteiger partial charge in [0.25, 0.3) is 0 Å². The molecule has 104 valence electrons. The Morgan fingerprint density at radius 1 is 1.32 bits per heavy atom. The van der Waals surface area contributed by atoms with Crippen LogP contribution in [0.15, 0.2) is 23.2 Å². The molecule has 0 bridgehead atoms. The molecule has 1 saturated carbocycles. The standard InChI is InChI=1S/C16H23FN2/c1-12-11-15(17)8-7-13(12)9-10-19-16(18)14-5-3-2-4-6-14/h7-8,11,14H,2-6,9-10H2,1H3,(H2,18,19). The Labute approximate surface area is 114 Å². The number of hydrogen-bond acceptors (Lipinski definition) is 1. The first kappa shape index (κ1) is 14.0. The Morgan fingerprint density at radius 3 is 2.74 bits per heavy atom. The lowest BCUT2D eigenvalue weighted by Crippen LogP contribution is -2.26. The molecule has 1 aliphatic carbocycles. The maximum Gasteiger partial charge on any atom is 0.123 e. The van der Waals surface area contributed by atoms with Crippen LogP contribution in [0.1, 0.15) is 43.2 Å². The normalized spacial score (nSPS) is 17.7. The Hall–Kier alpha value is -1.38. The van der Waals surface area contributed by atoms with Crippen molar-refractivity contribution in [1.29, 1.82) is 0 Å². The minimum atomic E-state index is -0.175. The van der Waals surface area contributed by atoms with Crippen molar-refractivity contribution in [3.05, 3.63) is 35.1 Å². The fraction of sp³-hybridized carbons (Fsp3) is 0.562. The molecule has 2 rings (SSSR count). The third-order valence-electron chi connectivity index (χ3n) is 4.00. The van der Waals surface area contributed by atoms with Gasteiger partial charge in [-0.2, -0.15) is 0 Å². The minimum Gasteiger partial charge on any atom is -0.387 e. The zero-order chi connectivity index (χ0) is 13.7. The average molecular weight is 262 g/mol. The molecule has 0 unspecified atom stereocenters. The smallest absolute Gasteiger partial charge is 0.123 e. The van der Waals surface area contributed by atoms with Crippen molar-refractivity contribution in [3.63, 3.8) is 0 Å². The van der Waals surface area contributed by atoms with Gasteiger partial charge < -0.3 is 5.73 Å². The molecular formula is C16H23FN2. The van der Waals surface area contributed by atoms with E-state index in [4.69, 9.17) is 5.73 Å². The van der Waals surface area contributed by atoms with Crippen LogP contribution in [-0.2, 0) is 6.42 Å². The summed E-state index contributed by atoms with van der Waals surface area (Å²) in [5.74, 6) is 1.13. The quantitative estimate of drug-likeness (QED) is 0.653. The molecule has 0 aromatic heterocycles. The lowest BCUT2D eigenvalue weighted by molar-refractivity contribution is 0.436. The molecule has 0 saturated heterocycles. The summed E-state index contributed by atoms with van der Waals surface area (Å²) >= 11 is 0. The average Bonchev–Trinajstić information content (AvgIpc) is 2.42. The summed E-state index contributed by atoms with van der Waals surface area (Å²) in [6.07, 6.45) is 7.09. The highest BCUT2D eigenvalue weighted by atomic mass is 19.1. The number of amidine groups is 1. The molecule has 0 aliphatic heterocycles. The Kier molecular flexibility index (Phi) is 4.94. The third-order valence-corrected chi connectivity index (χ3v) is 4.00. The fourth-order valence-corrected chi connectivity index (χ4v) is 2.77. The van der Waals surface area contributed by atoms with Crippen LogP contribution in [0, 0.1) is 18.7 Å². The predicted molar refractivity (Wildman–Crippen MR) is 77.9 cm³/mol. The SMILES string of the molecule is Cc1cc(F)ccc1CCN=C(N)C1CCCCC1. The molecule has 3 heteroatoms. The van der Waals surface area contributed by atoms with Crippen molar-refractivity contribution in [2.75, 3.05) is 6.54 Å². The van der Waals surface area contributed by atoms with Crippen LogP contribution >= 0.6 is 0 Å². The highest BCUT2D eigenvalue weighted by Crippen LogP contribution is 2.23. The number of aryl methyl sites for hydroxylation is 1. The molecule has 2 N–H and O–H groups in total. The van der Waals surface area contributed by atoms with E-state index >= 15 is 0 Å². The molecule has 0 heterocycles. The van der Waals surface area contributed by atoms with Gasteiger partial charge in [0.15, 0.2) is 0 Å². The number of nitrogens with zero attached hydrogens (tertiary/aromatic N) is 1. The largest absolute Gasteiger partial charge is 0.387 e. The number of hydrogen-bond donors (Lipinski definition) is 1. The van der Waals surface area contributed by atoms with Gasteiger partial charge in [0.1, 0.15) is 5.82 Å². The van der Waals surface area contributed by atoms with Gasteiger partial charge in [-0.1, -0.05) is 25.3 Å². The van der Waals surface area contributed by atoms with E-state index in [2.05, 4.69) is 4.99 Å². The van der Waals surface area contributed by atoms with Crippen LogP contribution in [0.2, 0.25) is 0 Å². The highest BCUT2D eigenvalue weighted by Gasteiger charge is 2.16. The second kappa shape index (κ2) is 6.69. The first-order valence-corrected chi connectivity index (χ1v) is 7.21. The third kappa shape index (κ3) is 4.05. The van der Waals surface area contributed by atoms with Crippen molar-refractivity contribution >= 4 is 5.84 Å². The summed E-state index contributed by atoms with van der Waals surface area (Å²) in [5.41, 5.74) is 8.21. The number of rotatable bonds is 4. The first-order valence-electron chi connectivity index (χ1n) is 7.21. The number of halogens is 1. The van der Waals surface area contributed by atoms with Gasteiger partial charge in [0.05, 0.1) is 5.84 Å². The minimum absolute atomic E-state index is 0.175. The van der Waals surface area contributed by atoms with Gasteiger partial charge in [0, 0.05) is 12.5 Å². The van der Waals surface area contributed by atoms with Crippen LogP contribution in [0.5, 0.6) is 0 Å². The summed E-state index contributed by atoms with van der Waals surface area (Å²) in [4.78, 5) is 4.51. The van der Waals surface area contributed by atoms with Gasteiger partial charge >= 0.3 is 0 Å². The highest BCUT2D eigenvalue weighted by molar-refractivity contribution is 5.82. The zero-order valence-electron chi connectivity index (χ0n) is 11.7. The van der Waals surface area contributed by atoms with E-state index in [1.54, 1.807) is 6.07 Å². The Balaban J connectivity index is 1.87. The van der Waals surface area contributed by atoms with E-state index in [1.165, 1.54) is 38.2 Å². The van der Waals surface area contributed by atoms with Crippen LogP contribution < -0.4 is 5.73 Å². The molecule has 0 spiro atoms. The van der Waals surface area contributed by atoms with E-state index in [1.807, 2.05) is 13.0 Å². The van der Waals surface area contributed by atoms with Gasteiger partial charge in [0.2, 0.25) is 0 Å². The lowest BCUT2D eigenvalue weighted by atomic mass is 9.88. The summed E-state index contributed by atoms with van der Waals surface area (Å²) in [7, 11) is 0. The van der Waals surface area contributed by atoms with Gasteiger partial charge in [-0.15, -0.1) is 0 Å². The van der Waals surface area contributed by atoms with E-state index in [9.17, 15) is 4.39 Å². The summed E-state index contributed by atoms with van der Waals surface area (Å²) in [5, 5.41) is 0. The molecule has 19 heavy (non-hydrogen) atoms. The Morgan fingerprint density at radius 2 is 2.05 bits per heavy atom.